The highest BCUT2D eigenvalue weighted by Crippen LogP contribution is 2.55. The molecule has 0 saturated carbocycles. The second kappa shape index (κ2) is 6.62. The maximum absolute atomic E-state index is 14.0. The molecule has 0 radical (unpaired) electrons. The van der Waals surface area contributed by atoms with Gasteiger partial charge in [-0.1, -0.05) is 29.8 Å². The zero-order valence-electron chi connectivity index (χ0n) is 17.0. The number of nitrogens with one attached hydrogen (secondary N) is 1. The van der Waals surface area contributed by atoms with E-state index in [0.29, 0.717) is 28.6 Å². The number of fused-ring (bicyclic) bond motifs is 4. The van der Waals surface area contributed by atoms with Gasteiger partial charge in [0.2, 0.25) is 5.91 Å². The average molecular weight is 431 g/mol. The minimum absolute atomic E-state index is 0.145. The average Bonchev–Trinajstić information content (AvgIpc) is 3.21. The fraction of sp³-hybridized carbons (Fsp3) is 0.174. The van der Waals surface area contributed by atoms with Crippen LogP contribution in [0.25, 0.3) is 5.69 Å². The first-order valence-electron chi connectivity index (χ1n) is 9.90. The van der Waals surface area contributed by atoms with E-state index in [1.54, 1.807) is 21.7 Å². The van der Waals surface area contributed by atoms with Crippen LogP contribution in [0.5, 0.6) is 0 Å². The number of amides is 1. The summed E-state index contributed by atoms with van der Waals surface area (Å²) in [5, 5.41) is 18.6. The summed E-state index contributed by atoms with van der Waals surface area (Å²) in [5.41, 5.74) is 8.76. The minimum Gasteiger partial charge on any atom is -0.384 e. The van der Waals surface area contributed by atoms with Crippen LogP contribution in [-0.4, -0.2) is 22.2 Å². The number of halogens is 1. The first-order valence-corrected chi connectivity index (χ1v) is 10.3. The SMILES string of the molecule is CCN1C(=O)C2(C(C#N)=C(N)Nc3c2c(C)nn3-c2ccc(Cl)cc2)c2ccccc21. The van der Waals surface area contributed by atoms with Gasteiger partial charge >= 0.3 is 0 Å². The topological polar surface area (TPSA) is 100.0 Å². The number of hydrogen-bond acceptors (Lipinski definition) is 5. The number of nitriles is 1. The maximum atomic E-state index is 14.0. The Morgan fingerprint density at radius 2 is 1.94 bits per heavy atom. The molecule has 3 N–H and O–H groups in total. The molecule has 0 aliphatic carbocycles. The van der Waals surface area contributed by atoms with Crippen LogP contribution in [0.3, 0.4) is 0 Å². The molecule has 1 atom stereocenters. The highest BCUT2D eigenvalue weighted by molar-refractivity contribution is 6.30. The Labute approximate surface area is 184 Å². The van der Waals surface area contributed by atoms with Crippen LogP contribution in [0.2, 0.25) is 5.02 Å². The molecule has 0 bridgehead atoms. The molecule has 8 heteroatoms. The fourth-order valence-corrected chi connectivity index (χ4v) is 4.90. The third kappa shape index (κ3) is 2.34. The predicted octanol–water partition coefficient (Wildman–Crippen LogP) is 3.61. The number of hydrogen-bond donors (Lipinski definition) is 2. The van der Waals surface area contributed by atoms with Crippen molar-refractivity contribution >= 4 is 29.0 Å². The number of anilines is 2. The van der Waals surface area contributed by atoms with Crippen molar-refractivity contribution in [2.75, 3.05) is 16.8 Å². The van der Waals surface area contributed by atoms with Gasteiger partial charge in [0.05, 0.1) is 17.0 Å². The van der Waals surface area contributed by atoms with Gasteiger partial charge in [0.1, 0.15) is 23.1 Å². The van der Waals surface area contributed by atoms with Gasteiger partial charge in [-0.25, -0.2) is 4.68 Å². The predicted molar refractivity (Wildman–Crippen MR) is 119 cm³/mol. The Bertz CT molecular complexity index is 1320. The lowest BCUT2D eigenvalue weighted by atomic mass is 9.68. The zero-order chi connectivity index (χ0) is 21.9. The van der Waals surface area contributed by atoms with Gasteiger partial charge in [0, 0.05) is 28.4 Å². The number of nitrogens with zero attached hydrogens (tertiary/aromatic N) is 4. The Hall–Kier alpha value is -3.76. The highest BCUT2D eigenvalue weighted by Gasteiger charge is 2.59. The van der Waals surface area contributed by atoms with Gasteiger partial charge in [0.25, 0.3) is 0 Å². The monoisotopic (exact) mass is 430 g/mol. The van der Waals surface area contributed by atoms with Gasteiger partial charge in [0.15, 0.2) is 0 Å². The summed E-state index contributed by atoms with van der Waals surface area (Å²) in [6.45, 7) is 4.23. The van der Waals surface area contributed by atoms with Crippen molar-refractivity contribution in [2.45, 2.75) is 19.3 Å². The van der Waals surface area contributed by atoms with Gasteiger partial charge in [-0.05, 0) is 44.2 Å². The lowest BCUT2D eigenvalue weighted by molar-refractivity contribution is -0.120. The summed E-state index contributed by atoms with van der Waals surface area (Å²) in [5.74, 6) is 0.515. The molecule has 1 spiro atoms. The van der Waals surface area contributed by atoms with Crippen LogP contribution in [0.4, 0.5) is 11.5 Å². The largest absolute Gasteiger partial charge is 0.384 e. The normalized spacial score (nSPS) is 19.3. The Kier molecular flexibility index (Phi) is 4.11. The van der Waals surface area contributed by atoms with Gasteiger partial charge in [-0.3, -0.25) is 4.79 Å². The lowest BCUT2D eigenvalue weighted by Crippen LogP contribution is -2.46. The molecule has 3 aromatic rings. The minimum atomic E-state index is -1.35. The molecule has 5 rings (SSSR count). The van der Waals surface area contributed by atoms with Crippen LogP contribution >= 0.6 is 11.6 Å². The van der Waals surface area contributed by atoms with E-state index in [9.17, 15) is 10.1 Å². The van der Waals surface area contributed by atoms with Crippen molar-refractivity contribution in [3.05, 3.63) is 81.8 Å². The molecule has 0 saturated heterocycles. The number of aromatic nitrogens is 2. The molecule has 31 heavy (non-hydrogen) atoms. The summed E-state index contributed by atoms with van der Waals surface area (Å²) in [6.07, 6.45) is 0. The number of aryl methyl sites for hydroxylation is 1. The molecule has 154 valence electrons. The number of rotatable bonds is 2. The van der Waals surface area contributed by atoms with Crippen LogP contribution < -0.4 is 16.0 Å². The van der Waals surface area contributed by atoms with E-state index < -0.39 is 5.41 Å². The van der Waals surface area contributed by atoms with E-state index in [1.807, 2.05) is 50.2 Å². The number of likely N-dealkylation sites (N-methyl/N-ethyl adjacent to an activating group) is 1. The van der Waals surface area contributed by atoms with Gasteiger partial charge in [-0.2, -0.15) is 10.4 Å². The quantitative estimate of drug-likeness (QED) is 0.647. The molecule has 1 amide bonds. The highest BCUT2D eigenvalue weighted by atomic mass is 35.5. The van der Waals surface area contributed by atoms with Gasteiger partial charge < -0.3 is 16.0 Å². The van der Waals surface area contributed by atoms with Crippen molar-refractivity contribution in [3.63, 3.8) is 0 Å². The maximum Gasteiger partial charge on any atom is 0.247 e. The summed E-state index contributed by atoms with van der Waals surface area (Å²) in [7, 11) is 0. The third-order valence-electron chi connectivity index (χ3n) is 6.00. The summed E-state index contributed by atoms with van der Waals surface area (Å²) < 4.78 is 1.70. The summed E-state index contributed by atoms with van der Waals surface area (Å²) >= 11 is 6.06. The fourth-order valence-electron chi connectivity index (χ4n) is 4.77. The first kappa shape index (κ1) is 19.2. The van der Waals surface area contributed by atoms with E-state index in [-0.39, 0.29) is 17.3 Å². The van der Waals surface area contributed by atoms with Crippen molar-refractivity contribution in [1.29, 1.82) is 5.26 Å². The van der Waals surface area contributed by atoms with E-state index in [0.717, 1.165) is 16.9 Å². The molecular weight excluding hydrogens is 412 g/mol. The number of para-hydroxylation sites is 1. The van der Waals surface area contributed by atoms with Gasteiger partial charge in [-0.15, -0.1) is 0 Å². The van der Waals surface area contributed by atoms with E-state index in [2.05, 4.69) is 11.4 Å². The van der Waals surface area contributed by atoms with Crippen LogP contribution in [-0.2, 0) is 10.2 Å². The Morgan fingerprint density at radius 1 is 1.23 bits per heavy atom. The second-order valence-corrected chi connectivity index (χ2v) is 7.98. The number of nitrogens with two attached hydrogens (primary N) is 1. The van der Waals surface area contributed by atoms with Crippen molar-refractivity contribution in [1.82, 2.24) is 9.78 Å². The summed E-state index contributed by atoms with van der Waals surface area (Å²) in [6, 6.07) is 17.0. The number of benzene rings is 2. The Balaban J connectivity index is 1.88. The smallest absolute Gasteiger partial charge is 0.247 e. The standard InChI is InChI=1S/C23H19ClN6O/c1-3-29-18-7-5-4-6-16(18)23(22(29)31)17(12-25)20(26)27-21-19(23)13(2)28-30(21)15-10-8-14(24)9-11-15/h4-11,27H,3,26H2,1-2H3. The summed E-state index contributed by atoms with van der Waals surface area (Å²) in [4.78, 5) is 15.7. The molecule has 7 nitrogen and oxygen atoms in total. The molecule has 1 unspecified atom stereocenters. The van der Waals surface area contributed by atoms with Crippen LogP contribution in [0.15, 0.2) is 59.9 Å². The molecule has 2 aliphatic heterocycles. The van der Waals surface area contributed by atoms with Crippen molar-refractivity contribution < 1.29 is 4.79 Å². The molecule has 2 aromatic carbocycles. The van der Waals surface area contributed by atoms with E-state index in [1.165, 1.54) is 0 Å². The first-order chi connectivity index (χ1) is 14.9. The molecule has 1 aromatic heterocycles. The number of carbonyl (C=O) groups excluding carboxylic acids is 1. The molecule has 3 heterocycles. The van der Waals surface area contributed by atoms with Crippen molar-refractivity contribution in [2.24, 2.45) is 5.73 Å². The van der Waals surface area contributed by atoms with Crippen LogP contribution in [0, 0.1) is 18.3 Å². The lowest BCUT2D eigenvalue weighted by Gasteiger charge is -2.34. The number of carbonyl (C=O) groups is 1. The Morgan fingerprint density at radius 3 is 2.61 bits per heavy atom. The molecular formula is C23H19ClN6O. The van der Waals surface area contributed by atoms with Crippen molar-refractivity contribution in [3.8, 4) is 11.8 Å². The zero-order valence-corrected chi connectivity index (χ0v) is 17.7. The third-order valence-corrected chi connectivity index (χ3v) is 6.25. The second-order valence-electron chi connectivity index (χ2n) is 7.54. The van der Waals surface area contributed by atoms with E-state index in [4.69, 9.17) is 22.4 Å². The van der Waals surface area contributed by atoms with Crippen LogP contribution in [0.1, 0.15) is 23.7 Å². The molecule has 2 aliphatic rings. The molecule has 0 fully saturated rings. The van der Waals surface area contributed by atoms with E-state index >= 15 is 0 Å².